The predicted octanol–water partition coefficient (Wildman–Crippen LogP) is 4.45. The van der Waals surface area contributed by atoms with Crippen LogP contribution in [0.3, 0.4) is 0 Å². The summed E-state index contributed by atoms with van der Waals surface area (Å²) in [5, 5.41) is 20.8. The molecule has 2 saturated carbocycles. The zero-order chi connectivity index (χ0) is 19.0. The van der Waals surface area contributed by atoms with Crippen molar-refractivity contribution in [1.82, 2.24) is 0 Å². The van der Waals surface area contributed by atoms with Gasteiger partial charge in [-0.15, -0.1) is 0 Å². The fraction of sp³-hybridized carbons (Fsp3) is 0.696. The molecule has 4 heteroatoms. The summed E-state index contributed by atoms with van der Waals surface area (Å²) in [6.45, 7) is 4.67. The van der Waals surface area contributed by atoms with Gasteiger partial charge < -0.3 is 14.9 Å². The first-order valence-electron chi connectivity index (χ1n) is 10.7. The number of rotatable bonds is 4. The molecule has 0 amide bonds. The first-order chi connectivity index (χ1) is 13.0. The molecule has 0 saturated heterocycles. The van der Waals surface area contributed by atoms with Gasteiger partial charge in [0, 0.05) is 11.1 Å². The SMILES string of the molecule is Cc1c(O)cccc1C1=N[C@H]([C@H](O)CC2C[C@H]3CCCC[C@H]3C[C@H]2C)CO1. The average molecular weight is 372 g/mol. The molecule has 2 N–H and O–H groups in total. The number of fused-ring (bicyclic) bond motifs is 1. The van der Waals surface area contributed by atoms with Crippen LogP contribution in [-0.2, 0) is 4.74 Å². The maximum Gasteiger partial charge on any atom is 0.217 e. The van der Waals surface area contributed by atoms with Gasteiger partial charge in [-0.05, 0) is 62.0 Å². The van der Waals surface area contributed by atoms with E-state index in [1.54, 1.807) is 12.1 Å². The third-order valence-corrected chi connectivity index (χ3v) is 7.35. The Bertz CT molecular complexity index is 701. The van der Waals surface area contributed by atoms with E-state index in [0.29, 0.717) is 24.3 Å². The van der Waals surface area contributed by atoms with Gasteiger partial charge in [0.1, 0.15) is 18.4 Å². The Morgan fingerprint density at radius 2 is 1.93 bits per heavy atom. The van der Waals surface area contributed by atoms with Crippen molar-refractivity contribution in [1.29, 1.82) is 0 Å². The fourth-order valence-corrected chi connectivity index (χ4v) is 5.58. The van der Waals surface area contributed by atoms with Crippen LogP contribution in [0.25, 0.3) is 0 Å². The smallest absolute Gasteiger partial charge is 0.217 e. The summed E-state index contributed by atoms with van der Waals surface area (Å²) in [7, 11) is 0. The van der Waals surface area contributed by atoms with E-state index >= 15 is 0 Å². The van der Waals surface area contributed by atoms with Crippen LogP contribution in [0, 0.1) is 30.6 Å². The molecule has 1 aromatic rings. The van der Waals surface area contributed by atoms with E-state index < -0.39 is 6.10 Å². The molecule has 0 radical (unpaired) electrons. The monoisotopic (exact) mass is 371 g/mol. The highest BCUT2D eigenvalue weighted by Crippen LogP contribution is 2.46. The molecule has 4 nitrogen and oxygen atoms in total. The molecule has 0 aromatic heterocycles. The van der Waals surface area contributed by atoms with Crippen LogP contribution in [0.15, 0.2) is 23.2 Å². The van der Waals surface area contributed by atoms with Crippen molar-refractivity contribution < 1.29 is 14.9 Å². The Balaban J connectivity index is 1.40. The van der Waals surface area contributed by atoms with E-state index in [-0.39, 0.29) is 11.8 Å². The Morgan fingerprint density at radius 1 is 1.19 bits per heavy atom. The van der Waals surface area contributed by atoms with Crippen LogP contribution < -0.4 is 0 Å². The van der Waals surface area contributed by atoms with Gasteiger partial charge in [-0.25, -0.2) is 4.99 Å². The number of hydrogen-bond acceptors (Lipinski definition) is 4. The van der Waals surface area contributed by atoms with Crippen molar-refractivity contribution in [3.63, 3.8) is 0 Å². The fourth-order valence-electron chi connectivity index (χ4n) is 5.58. The standard InChI is InChI=1S/C23H33NO3/c1-14-10-16-6-3-4-7-17(16)11-18(14)12-22(26)20-13-27-23(24-20)19-8-5-9-21(25)15(19)2/h5,8-9,14,16-18,20,22,25-26H,3-4,6-7,10-13H2,1-2H3/t14-,16+,17-,18?,20+,22-/m1/s1. The molecule has 148 valence electrons. The number of phenols is 1. The number of phenolic OH excluding ortho intramolecular Hbond substituents is 1. The highest BCUT2D eigenvalue weighted by atomic mass is 16.5. The molecule has 2 aliphatic carbocycles. The van der Waals surface area contributed by atoms with Gasteiger partial charge in [0.2, 0.25) is 5.90 Å². The molecule has 4 rings (SSSR count). The van der Waals surface area contributed by atoms with Gasteiger partial charge >= 0.3 is 0 Å². The Kier molecular flexibility index (Phi) is 5.45. The lowest BCUT2D eigenvalue weighted by Crippen LogP contribution is -2.36. The molecular weight excluding hydrogens is 338 g/mol. The second-order valence-electron chi connectivity index (χ2n) is 9.08. The number of nitrogens with zero attached hydrogens (tertiary/aromatic N) is 1. The van der Waals surface area contributed by atoms with Gasteiger partial charge in [-0.2, -0.15) is 0 Å². The number of aromatic hydroxyl groups is 1. The van der Waals surface area contributed by atoms with Crippen molar-refractivity contribution in [3.05, 3.63) is 29.3 Å². The van der Waals surface area contributed by atoms with E-state index in [4.69, 9.17) is 4.74 Å². The van der Waals surface area contributed by atoms with Crippen LogP contribution in [-0.4, -0.2) is 34.9 Å². The van der Waals surface area contributed by atoms with Crippen molar-refractivity contribution in [3.8, 4) is 5.75 Å². The highest BCUT2D eigenvalue weighted by molar-refractivity contribution is 5.97. The molecule has 27 heavy (non-hydrogen) atoms. The zero-order valence-corrected chi connectivity index (χ0v) is 16.6. The van der Waals surface area contributed by atoms with Crippen molar-refractivity contribution >= 4 is 5.90 Å². The summed E-state index contributed by atoms with van der Waals surface area (Å²) < 4.78 is 5.79. The summed E-state index contributed by atoms with van der Waals surface area (Å²) >= 11 is 0. The maximum absolute atomic E-state index is 10.9. The van der Waals surface area contributed by atoms with Crippen LogP contribution >= 0.6 is 0 Å². The van der Waals surface area contributed by atoms with Gasteiger partial charge in [-0.3, -0.25) is 0 Å². The number of hydrogen-bond donors (Lipinski definition) is 2. The van der Waals surface area contributed by atoms with Crippen LogP contribution in [0.2, 0.25) is 0 Å². The summed E-state index contributed by atoms with van der Waals surface area (Å²) in [5.74, 6) is 3.90. The quantitative estimate of drug-likeness (QED) is 0.822. The lowest BCUT2D eigenvalue weighted by molar-refractivity contribution is 0.0369. The Morgan fingerprint density at radius 3 is 2.70 bits per heavy atom. The molecule has 1 aromatic carbocycles. The molecule has 3 aliphatic rings. The molecule has 2 fully saturated rings. The first kappa shape index (κ1) is 18.8. The number of aliphatic imine (C=N–C) groups is 1. The lowest BCUT2D eigenvalue weighted by Gasteiger charge is -2.43. The first-order valence-corrected chi connectivity index (χ1v) is 10.7. The largest absolute Gasteiger partial charge is 0.508 e. The van der Waals surface area contributed by atoms with Crippen molar-refractivity contribution in [2.45, 2.75) is 70.9 Å². The average Bonchev–Trinajstić information content (AvgIpc) is 3.14. The molecule has 6 atom stereocenters. The van der Waals surface area contributed by atoms with E-state index in [1.807, 2.05) is 13.0 Å². The maximum atomic E-state index is 10.9. The third kappa shape index (κ3) is 3.87. The minimum absolute atomic E-state index is 0.196. The van der Waals surface area contributed by atoms with E-state index in [0.717, 1.165) is 29.4 Å². The van der Waals surface area contributed by atoms with E-state index in [1.165, 1.54) is 38.5 Å². The van der Waals surface area contributed by atoms with Gasteiger partial charge in [0.25, 0.3) is 0 Å². The third-order valence-electron chi connectivity index (χ3n) is 7.35. The molecular formula is C23H33NO3. The van der Waals surface area contributed by atoms with Crippen molar-refractivity contribution in [2.75, 3.05) is 6.61 Å². The summed E-state index contributed by atoms with van der Waals surface area (Å²) in [6, 6.07) is 5.19. The van der Waals surface area contributed by atoms with Gasteiger partial charge in [0.15, 0.2) is 0 Å². The number of benzene rings is 1. The minimum Gasteiger partial charge on any atom is -0.508 e. The topological polar surface area (TPSA) is 62.1 Å². The normalized spacial score (nSPS) is 34.5. The summed E-state index contributed by atoms with van der Waals surface area (Å²) in [4.78, 5) is 4.67. The number of aliphatic hydroxyl groups excluding tert-OH is 1. The number of ether oxygens (including phenoxy) is 1. The number of aliphatic hydroxyl groups is 1. The highest BCUT2D eigenvalue weighted by Gasteiger charge is 2.38. The predicted molar refractivity (Wildman–Crippen MR) is 107 cm³/mol. The Labute approximate surface area is 162 Å². The van der Waals surface area contributed by atoms with Crippen LogP contribution in [0.4, 0.5) is 0 Å². The van der Waals surface area contributed by atoms with Crippen LogP contribution in [0.1, 0.15) is 63.0 Å². The molecule has 0 bridgehead atoms. The molecule has 1 aliphatic heterocycles. The second-order valence-corrected chi connectivity index (χ2v) is 9.08. The van der Waals surface area contributed by atoms with Crippen molar-refractivity contribution in [2.24, 2.45) is 28.7 Å². The summed E-state index contributed by atoms with van der Waals surface area (Å²) in [6.07, 6.45) is 8.58. The Hall–Kier alpha value is -1.55. The van der Waals surface area contributed by atoms with E-state index in [2.05, 4.69) is 11.9 Å². The second kappa shape index (κ2) is 7.83. The van der Waals surface area contributed by atoms with Gasteiger partial charge in [-0.1, -0.05) is 38.7 Å². The molecule has 1 unspecified atom stereocenters. The lowest BCUT2D eigenvalue weighted by atomic mass is 9.62. The van der Waals surface area contributed by atoms with E-state index in [9.17, 15) is 10.2 Å². The molecule has 1 heterocycles. The zero-order valence-electron chi connectivity index (χ0n) is 16.6. The minimum atomic E-state index is -0.451. The van der Waals surface area contributed by atoms with Crippen LogP contribution in [0.5, 0.6) is 5.75 Å². The summed E-state index contributed by atoms with van der Waals surface area (Å²) in [5.41, 5.74) is 1.59. The molecule has 0 spiro atoms. The van der Waals surface area contributed by atoms with Gasteiger partial charge in [0.05, 0.1) is 6.10 Å².